The van der Waals surface area contributed by atoms with Crippen LogP contribution in [0.15, 0.2) is 24.3 Å². The number of unbranched alkanes of at least 4 members (excludes halogenated alkanes) is 49. The first-order valence-electron chi connectivity index (χ1n) is 33.1. The van der Waals surface area contributed by atoms with Crippen molar-refractivity contribution in [1.82, 2.24) is 5.32 Å². The number of ether oxygens (including phenoxy) is 1. The van der Waals surface area contributed by atoms with Gasteiger partial charge in [0.1, 0.15) is 0 Å². The summed E-state index contributed by atoms with van der Waals surface area (Å²) in [5.41, 5.74) is 0. The molecule has 0 aromatic carbocycles. The number of amides is 1. The Morgan fingerprint density at radius 1 is 0.370 bits per heavy atom. The molecule has 0 aliphatic rings. The first kappa shape index (κ1) is 71.3. The van der Waals surface area contributed by atoms with E-state index < -0.39 is 12.1 Å². The predicted octanol–water partition coefficient (Wildman–Crippen LogP) is 21.0. The minimum atomic E-state index is -0.851. The number of carbonyl (C=O) groups excluding carboxylic acids is 2. The number of nitrogens with one attached hydrogen (secondary N) is 1. The van der Waals surface area contributed by atoms with Gasteiger partial charge >= 0.3 is 5.97 Å². The number of hydrogen-bond donors (Lipinski definition) is 3. The fourth-order valence-corrected chi connectivity index (χ4v) is 10.4. The molecule has 0 aromatic heterocycles. The van der Waals surface area contributed by atoms with Gasteiger partial charge in [-0.1, -0.05) is 321 Å². The highest BCUT2D eigenvalue weighted by Gasteiger charge is 2.18. The molecule has 2 atom stereocenters. The van der Waals surface area contributed by atoms with Crippen molar-refractivity contribution >= 4 is 11.9 Å². The Balaban J connectivity index is 3.44. The Kier molecular flexibility index (Phi) is 61.4. The minimum absolute atomic E-state index is 0.00967. The maximum absolute atomic E-state index is 12.5. The molecule has 0 fully saturated rings. The van der Waals surface area contributed by atoms with E-state index in [2.05, 4.69) is 31.3 Å². The lowest BCUT2D eigenvalue weighted by Crippen LogP contribution is -2.45. The van der Waals surface area contributed by atoms with Gasteiger partial charge in [0.25, 0.3) is 0 Å². The van der Waals surface area contributed by atoms with Gasteiger partial charge < -0.3 is 20.3 Å². The van der Waals surface area contributed by atoms with E-state index in [0.29, 0.717) is 19.4 Å². The van der Waals surface area contributed by atoms with E-state index in [1.807, 2.05) is 6.08 Å². The maximum Gasteiger partial charge on any atom is 0.305 e. The Bertz CT molecular complexity index is 1140. The highest BCUT2D eigenvalue weighted by Crippen LogP contribution is 2.18. The third-order valence-electron chi connectivity index (χ3n) is 15.5. The van der Waals surface area contributed by atoms with Gasteiger partial charge in [-0.2, -0.15) is 0 Å². The van der Waals surface area contributed by atoms with Gasteiger partial charge in [-0.05, 0) is 57.8 Å². The topological polar surface area (TPSA) is 95.9 Å². The van der Waals surface area contributed by atoms with Gasteiger partial charge in [0, 0.05) is 12.8 Å². The van der Waals surface area contributed by atoms with Crippen molar-refractivity contribution in [2.45, 2.75) is 379 Å². The molecule has 432 valence electrons. The summed E-state index contributed by atoms with van der Waals surface area (Å²) in [7, 11) is 0. The van der Waals surface area contributed by atoms with Crippen LogP contribution < -0.4 is 5.32 Å². The van der Waals surface area contributed by atoms with Crippen molar-refractivity contribution in [3.05, 3.63) is 24.3 Å². The molecule has 0 rings (SSSR count). The van der Waals surface area contributed by atoms with Crippen LogP contribution in [-0.2, 0) is 14.3 Å². The predicted molar refractivity (Wildman–Crippen MR) is 320 cm³/mol. The molecule has 0 saturated carbocycles. The Morgan fingerprint density at radius 2 is 0.644 bits per heavy atom. The summed E-state index contributed by atoms with van der Waals surface area (Å²) >= 11 is 0. The number of carbonyl (C=O) groups is 2. The fourth-order valence-electron chi connectivity index (χ4n) is 10.4. The molecule has 73 heavy (non-hydrogen) atoms. The van der Waals surface area contributed by atoms with Crippen LogP contribution >= 0.6 is 0 Å². The number of esters is 1. The fraction of sp³-hybridized carbons (Fsp3) is 0.910. The number of aliphatic hydroxyl groups excluding tert-OH is 2. The molecular formula is C67H129NO5. The zero-order chi connectivity index (χ0) is 52.9. The molecule has 0 saturated heterocycles. The zero-order valence-electron chi connectivity index (χ0n) is 49.4. The SMILES string of the molecule is CCCCCCCCCCCCCCCCCCCC/C=C/C(O)C(CO)NC(=O)CCCCCCCCC/C=C\CCCCCCCCCCCOC(=O)CCCCCCCCCCCCCCCCCC. The summed E-state index contributed by atoms with van der Waals surface area (Å²) in [5.74, 6) is -0.0636. The summed E-state index contributed by atoms with van der Waals surface area (Å²) in [6.45, 7) is 4.93. The summed E-state index contributed by atoms with van der Waals surface area (Å²) in [5, 5.41) is 23.2. The average molecular weight is 1030 g/mol. The number of aliphatic hydroxyl groups is 2. The summed E-state index contributed by atoms with van der Waals surface area (Å²) < 4.78 is 5.49. The van der Waals surface area contributed by atoms with Gasteiger partial charge in [-0.3, -0.25) is 9.59 Å². The van der Waals surface area contributed by atoms with Crippen molar-refractivity contribution in [3.8, 4) is 0 Å². The zero-order valence-corrected chi connectivity index (χ0v) is 49.4. The highest BCUT2D eigenvalue weighted by molar-refractivity contribution is 5.76. The lowest BCUT2D eigenvalue weighted by Gasteiger charge is -2.20. The highest BCUT2D eigenvalue weighted by atomic mass is 16.5. The molecule has 0 aromatic rings. The summed E-state index contributed by atoms with van der Waals surface area (Å²) in [6.07, 6.45) is 78.0. The number of hydrogen-bond acceptors (Lipinski definition) is 5. The molecule has 1 amide bonds. The van der Waals surface area contributed by atoms with E-state index in [9.17, 15) is 19.8 Å². The van der Waals surface area contributed by atoms with Gasteiger partial charge in [-0.15, -0.1) is 0 Å². The third kappa shape index (κ3) is 59.4. The van der Waals surface area contributed by atoms with Crippen LogP contribution in [0.25, 0.3) is 0 Å². The van der Waals surface area contributed by atoms with Crippen LogP contribution in [0, 0.1) is 0 Å². The molecule has 0 spiro atoms. The van der Waals surface area contributed by atoms with E-state index in [-0.39, 0.29) is 18.5 Å². The normalized spacial score (nSPS) is 12.7. The Labute approximate surface area is 456 Å². The molecule has 2 unspecified atom stereocenters. The van der Waals surface area contributed by atoms with Gasteiger partial charge in [0.05, 0.1) is 25.4 Å². The molecule has 0 heterocycles. The minimum Gasteiger partial charge on any atom is -0.466 e. The van der Waals surface area contributed by atoms with Crippen molar-refractivity contribution in [3.63, 3.8) is 0 Å². The largest absolute Gasteiger partial charge is 0.466 e. The van der Waals surface area contributed by atoms with E-state index in [4.69, 9.17) is 4.74 Å². The molecule has 6 nitrogen and oxygen atoms in total. The third-order valence-corrected chi connectivity index (χ3v) is 15.5. The first-order chi connectivity index (χ1) is 36.0. The van der Waals surface area contributed by atoms with Crippen LogP contribution in [0.5, 0.6) is 0 Å². The standard InChI is InChI=1S/C67H129NO5/c1-3-5-7-9-11-13-15-17-19-21-22-25-28-31-35-39-43-47-51-55-59-65(70)64(63-69)68-66(71)60-56-52-48-44-40-36-32-29-26-23-24-27-30-34-38-42-46-50-54-58-62-73-67(72)61-57-53-49-45-41-37-33-20-18-16-14-12-10-8-6-4-2/h23,26,55,59,64-65,69-70H,3-22,24-25,27-54,56-58,60-63H2,1-2H3,(H,68,71)/b26-23-,59-55+. The second-order valence-electron chi connectivity index (χ2n) is 22.8. The van der Waals surface area contributed by atoms with E-state index in [1.54, 1.807) is 6.08 Å². The van der Waals surface area contributed by atoms with Crippen LogP contribution in [0.1, 0.15) is 367 Å². The second-order valence-corrected chi connectivity index (χ2v) is 22.8. The maximum atomic E-state index is 12.5. The lowest BCUT2D eigenvalue weighted by molar-refractivity contribution is -0.143. The molecule has 3 N–H and O–H groups in total. The van der Waals surface area contributed by atoms with Crippen LogP contribution in [-0.4, -0.2) is 47.4 Å². The Hall–Kier alpha value is -1.66. The van der Waals surface area contributed by atoms with Crippen LogP contribution in [0.3, 0.4) is 0 Å². The van der Waals surface area contributed by atoms with Crippen LogP contribution in [0.4, 0.5) is 0 Å². The number of rotatable bonds is 62. The van der Waals surface area contributed by atoms with Crippen molar-refractivity contribution < 1.29 is 24.5 Å². The summed E-state index contributed by atoms with van der Waals surface area (Å²) in [4.78, 5) is 24.6. The van der Waals surface area contributed by atoms with E-state index in [0.717, 1.165) is 44.9 Å². The van der Waals surface area contributed by atoms with Crippen molar-refractivity contribution in [2.75, 3.05) is 13.2 Å². The van der Waals surface area contributed by atoms with Gasteiger partial charge in [0.2, 0.25) is 5.91 Å². The Morgan fingerprint density at radius 3 is 0.973 bits per heavy atom. The van der Waals surface area contributed by atoms with Crippen molar-refractivity contribution in [1.29, 1.82) is 0 Å². The average Bonchev–Trinajstić information content (AvgIpc) is 3.39. The van der Waals surface area contributed by atoms with Gasteiger partial charge in [-0.25, -0.2) is 0 Å². The molecule has 0 aliphatic carbocycles. The van der Waals surface area contributed by atoms with E-state index >= 15 is 0 Å². The molecule has 0 radical (unpaired) electrons. The number of allylic oxidation sites excluding steroid dienone is 3. The second kappa shape index (κ2) is 62.9. The monoisotopic (exact) mass is 1030 g/mol. The molecule has 0 bridgehead atoms. The molecular weight excluding hydrogens is 899 g/mol. The van der Waals surface area contributed by atoms with Crippen molar-refractivity contribution in [2.24, 2.45) is 0 Å². The quantitative estimate of drug-likeness (QED) is 0.0320. The summed E-state index contributed by atoms with van der Waals surface area (Å²) in [6, 6.07) is -0.635. The lowest BCUT2D eigenvalue weighted by atomic mass is 10.0. The van der Waals surface area contributed by atoms with E-state index in [1.165, 1.54) is 295 Å². The molecule has 6 heteroatoms. The smallest absolute Gasteiger partial charge is 0.305 e. The van der Waals surface area contributed by atoms with Crippen LogP contribution in [0.2, 0.25) is 0 Å². The molecule has 0 aliphatic heterocycles. The first-order valence-corrected chi connectivity index (χ1v) is 33.1. The van der Waals surface area contributed by atoms with Gasteiger partial charge in [0.15, 0.2) is 0 Å².